The molecule has 0 bridgehead atoms. The van der Waals surface area contributed by atoms with E-state index in [2.05, 4.69) is 25.9 Å². The third-order valence-electron chi connectivity index (χ3n) is 3.79. The van der Waals surface area contributed by atoms with Gasteiger partial charge in [-0.2, -0.15) is 5.10 Å². The van der Waals surface area contributed by atoms with Crippen LogP contribution in [0.15, 0.2) is 12.3 Å². The number of Topliss-reactive ketones (excluding diaryl/α,β-unsaturated/α-hetero) is 1. The number of rotatable bonds is 9. The Kier molecular flexibility index (Phi) is 6.78. The van der Waals surface area contributed by atoms with Gasteiger partial charge in [-0.3, -0.25) is 9.48 Å². The van der Waals surface area contributed by atoms with E-state index in [1.807, 2.05) is 16.9 Å². The van der Waals surface area contributed by atoms with Crippen LogP contribution in [0.5, 0.6) is 0 Å². The molecule has 0 fully saturated rings. The number of nitrogens with zero attached hydrogens (tertiary/aromatic N) is 2. The number of carbonyl (C=O) groups excluding carboxylic acids is 1. The van der Waals surface area contributed by atoms with Crippen molar-refractivity contribution < 1.29 is 4.79 Å². The molecule has 108 valence electrons. The maximum absolute atomic E-state index is 12.0. The Labute approximate surface area is 116 Å². The third kappa shape index (κ3) is 4.78. The van der Waals surface area contributed by atoms with Gasteiger partial charge < -0.3 is 5.73 Å². The van der Waals surface area contributed by atoms with Crippen LogP contribution in [0.3, 0.4) is 0 Å². The van der Waals surface area contributed by atoms with E-state index in [9.17, 15) is 4.79 Å². The lowest BCUT2D eigenvalue weighted by Gasteiger charge is -2.12. The summed E-state index contributed by atoms with van der Waals surface area (Å²) in [5.74, 6) is 0.556. The molecule has 0 aliphatic carbocycles. The Balaban J connectivity index is 2.56. The first-order valence-corrected chi connectivity index (χ1v) is 7.40. The van der Waals surface area contributed by atoms with Gasteiger partial charge in [-0.15, -0.1) is 0 Å². The molecule has 0 saturated heterocycles. The molecule has 1 atom stereocenters. The second-order valence-electron chi connectivity index (χ2n) is 5.19. The molecule has 1 unspecified atom stereocenters. The van der Waals surface area contributed by atoms with Crippen LogP contribution in [-0.2, 0) is 11.2 Å². The molecule has 0 radical (unpaired) electrons. The summed E-state index contributed by atoms with van der Waals surface area (Å²) in [7, 11) is 0. The van der Waals surface area contributed by atoms with E-state index >= 15 is 0 Å². The summed E-state index contributed by atoms with van der Waals surface area (Å²) < 4.78 is 1.99. The molecule has 1 aromatic heterocycles. The molecule has 0 saturated carbocycles. The molecule has 0 aliphatic rings. The van der Waals surface area contributed by atoms with Crippen molar-refractivity contribution in [2.75, 3.05) is 6.54 Å². The molecule has 1 heterocycles. The molecule has 0 aromatic carbocycles. The van der Waals surface area contributed by atoms with Crippen LogP contribution >= 0.6 is 0 Å². The van der Waals surface area contributed by atoms with Crippen molar-refractivity contribution in [1.29, 1.82) is 0 Å². The quantitative estimate of drug-likeness (QED) is 0.746. The molecule has 0 amide bonds. The minimum absolute atomic E-state index is 0.243. The van der Waals surface area contributed by atoms with Gasteiger partial charge in [-0.05, 0) is 31.4 Å². The van der Waals surface area contributed by atoms with Crippen molar-refractivity contribution in [2.45, 2.75) is 58.9 Å². The molecular formula is C15H27N3O. The molecule has 4 heteroatoms. The minimum atomic E-state index is 0.243. The van der Waals surface area contributed by atoms with Crippen LogP contribution in [0.25, 0.3) is 0 Å². The highest BCUT2D eigenvalue weighted by molar-refractivity contribution is 5.80. The Morgan fingerprint density at radius 3 is 2.53 bits per heavy atom. The third-order valence-corrected chi connectivity index (χ3v) is 3.79. The lowest BCUT2D eigenvalue weighted by Crippen LogP contribution is -2.18. The maximum Gasteiger partial charge on any atom is 0.139 e. The SMILES string of the molecule is CCC(CN)CC(=O)Cc1ccn(C(CC)CC)n1. The van der Waals surface area contributed by atoms with Crippen molar-refractivity contribution in [3.8, 4) is 0 Å². The number of hydrogen-bond donors (Lipinski definition) is 1. The molecule has 4 nitrogen and oxygen atoms in total. The standard InChI is InChI=1S/C15H27N3O/c1-4-12(11-16)9-15(19)10-13-7-8-18(17-13)14(5-2)6-3/h7-8,12,14H,4-6,9-11,16H2,1-3H3. The Bertz CT molecular complexity index is 378. The average Bonchev–Trinajstić information content (AvgIpc) is 2.85. The lowest BCUT2D eigenvalue weighted by atomic mass is 9.98. The van der Waals surface area contributed by atoms with E-state index < -0.39 is 0 Å². The van der Waals surface area contributed by atoms with Crippen molar-refractivity contribution >= 4 is 5.78 Å². The summed E-state index contributed by atoms with van der Waals surface area (Å²) in [5.41, 5.74) is 6.51. The topological polar surface area (TPSA) is 60.9 Å². The molecule has 0 aliphatic heterocycles. The maximum atomic E-state index is 12.0. The highest BCUT2D eigenvalue weighted by Gasteiger charge is 2.14. The highest BCUT2D eigenvalue weighted by atomic mass is 16.1. The molecule has 1 rings (SSSR count). The lowest BCUT2D eigenvalue weighted by molar-refractivity contribution is -0.119. The van der Waals surface area contributed by atoms with Gasteiger partial charge in [0.15, 0.2) is 0 Å². The van der Waals surface area contributed by atoms with Crippen molar-refractivity contribution in [3.05, 3.63) is 18.0 Å². The number of ketones is 1. The molecule has 19 heavy (non-hydrogen) atoms. The van der Waals surface area contributed by atoms with Gasteiger partial charge in [0.25, 0.3) is 0 Å². The summed E-state index contributed by atoms with van der Waals surface area (Å²) >= 11 is 0. The van der Waals surface area contributed by atoms with Crippen molar-refractivity contribution in [1.82, 2.24) is 9.78 Å². The van der Waals surface area contributed by atoms with Gasteiger partial charge in [0.1, 0.15) is 5.78 Å². The zero-order valence-electron chi connectivity index (χ0n) is 12.4. The molecule has 0 spiro atoms. The summed E-state index contributed by atoms with van der Waals surface area (Å²) in [6.45, 7) is 6.98. The highest BCUT2D eigenvalue weighted by Crippen LogP contribution is 2.15. The second-order valence-corrected chi connectivity index (χ2v) is 5.19. The summed E-state index contributed by atoms with van der Waals surface area (Å²) in [6.07, 6.45) is 6.09. The van der Waals surface area contributed by atoms with Gasteiger partial charge >= 0.3 is 0 Å². The second kappa shape index (κ2) is 8.10. The first-order chi connectivity index (χ1) is 9.14. The van der Waals surface area contributed by atoms with Gasteiger partial charge in [-0.25, -0.2) is 0 Å². The Morgan fingerprint density at radius 1 is 1.32 bits per heavy atom. The number of aromatic nitrogens is 2. The van der Waals surface area contributed by atoms with Gasteiger partial charge in [0.2, 0.25) is 0 Å². The molecule has 2 N–H and O–H groups in total. The van der Waals surface area contributed by atoms with Gasteiger partial charge in [0, 0.05) is 12.6 Å². The summed E-state index contributed by atoms with van der Waals surface area (Å²) in [4.78, 5) is 12.0. The van der Waals surface area contributed by atoms with Crippen LogP contribution < -0.4 is 5.73 Å². The number of carbonyl (C=O) groups is 1. The van der Waals surface area contributed by atoms with E-state index in [1.165, 1.54) is 0 Å². The van der Waals surface area contributed by atoms with E-state index in [-0.39, 0.29) is 5.78 Å². The molecule has 1 aromatic rings. The fourth-order valence-corrected chi connectivity index (χ4v) is 2.33. The van der Waals surface area contributed by atoms with E-state index in [1.54, 1.807) is 0 Å². The number of nitrogens with two attached hydrogens (primary N) is 1. The normalized spacial score (nSPS) is 12.9. The van der Waals surface area contributed by atoms with E-state index in [4.69, 9.17) is 5.73 Å². The first-order valence-electron chi connectivity index (χ1n) is 7.40. The first kappa shape index (κ1) is 15.9. The summed E-state index contributed by atoms with van der Waals surface area (Å²) in [6, 6.07) is 2.40. The zero-order valence-corrected chi connectivity index (χ0v) is 12.4. The van der Waals surface area contributed by atoms with Gasteiger partial charge in [-0.1, -0.05) is 27.2 Å². The zero-order chi connectivity index (χ0) is 14.3. The van der Waals surface area contributed by atoms with Crippen molar-refractivity contribution in [2.24, 2.45) is 11.7 Å². The number of hydrogen-bond acceptors (Lipinski definition) is 3. The predicted octanol–water partition coefficient (Wildman–Crippen LogP) is 2.73. The predicted molar refractivity (Wildman–Crippen MR) is 78.0 cm³/mol. The van der Waals surface area contributed by atoms with Crippen LogP contribution in [0.2, 0.25) is 0 Å². The van der Waals surface area contributed by atoms with E-state index in [0.29, 0.717) is 31.3 Å². The van der Waals surface area contributed by atoms with Crippen LogP contribution in [-0.4, -0.2) is 22.1 Å². The monoisotopic (exact) mass is 265 g/mol. The van der Waals surface area contributed by atoms with Crippen LogP contribution in [0.1, 0.15) is 58.2 Å². The summed E-state index contributed by atoms with van der Waals surface area (Å²) in [5, 5.41) is 4.52. The average molecular weight is 265 g/mol. The fraction of sp³-hybridized carbons (Fsp3) is 0.733. The Hall–Kier alpha value is -1.16. The van der Waals surface area contributed by atoms with Crippen molar-refractivity contribution in [3.63, 3.8) is 0 Å². The van der Waals surface area contributed by atoms with E-state index in [0.717, 1.165) is 25.0 Å². The van der Waals surface area contributed by atoms with Gasteiger partial charge in [0.05, 0.1) is 18.2 Å². The fourth-order valence-electron chi connectivity index (χ4n) is 2.33. The molecular weight excluding hydrogens is 238 g/mol. The Morgan fingerprint density at radius 2 is 2.00 bits per heavy atom. The largest absolute Gasteiger partial charge is 0.330 e. The smallest absolute Gasteiger partial charge is 0.139 e. The minimum Gasteiger partial charge on any atom is -0.330 e. The van der Waals surface area contributed by atoms with Crippen LogP contribution in [0, 0.1) is 5.92 Å². The van der Waals surface area contributed by atoms with Crippen LogP contribution in [0.4, 0.5) is 0 Å².